The number of hydrogen-bond acceptors (Lipinski definition) is 5. The number of para-hydroxylation sites is 1. The van der Waals surface area contributed by atoms with Crippen molar-refractivity contribution in [3.8, 4) is 0 Å². The summed E-state index contributed by atoms with van der Waals surface area (Å²) in [4.78, 5) is 25.3. The lowest BCUT2D eigenvalue weighted by Gasteiger charge is -2.53. The van der Waals surface area contributed by atoms with Crippen LogP contribution in [0, 0.1) is 22.0 Å². The van der Waals surface area contributed by atoms with E-state index in [1.54, 1.807) is 0 Å². The monoisotopic (exact) mass is 449 g/mol. The molecule has 2 heterocycles. The number of nitrogens with one attached hydrogen (secondary N) is 1. The first-order valence-corrected chi connectivity index (χ1v) is 12.8. The molecule has 1 aromatic carbocycles. The van der Waals surface area contributed by atoms with Gasteiger partial charge in [-0.1, -0.05) is 25.5 Å². The molecule has 1 aliphatic carbocycles. The van der Waals surface area contributed by atoms with E-state index in [-0.39, 0.29) is 34.2 Å². The van der Waals surface area contributed by atoms with Crippen molar-refractivity contribution in [1.29, 1.82) is 0 Å². The summed E-state index contributed by atoms with van der Waals surface area (Å²) < 4.78 is 29.3. The molecule has 1 saturated carbocycles. The van der Waals surface area contributed by atoms with Crippen LogP contribution >= 0.6 is 0 Å². The van der Waals surface area contributed by atoms with Crippen LogP contribution in [-0.2, 0) is 14.8 Å². The molecule has 1 N–H and O–H groups in total. The number of nitro groups is 1. The summed E-state index contributed by atoms with van der Waals surface area (Å²) in [6, 6.07) is 5.22. The fourth-order valence-electron chi connectivity index (χ4n) is 6.47. The summed E-state index contributed by atoms with van der Waals surface area (Å²) in [6.45, 7) is 2.91. The van der Waals surface area contributed by atoms with Gasteiger partial charge < -0.3 is 4.90 Å². The Hall–Kier alpha value is -2.00. The van der Waals surface area contributed by atoms with E-state index in [4.69, 9.17) is 0 Å². The minimum absolute atomic E-state index is 0.114. The highest BCUT2D eigenvalue weighted by Gasteiger charge is 2.56. The van der Waals surface area contributed by atoms with Crippen LogP contribution in [0.4, 0.5) is 5.69 Å². The Kier molecular flexibility index (Phi) is 6.09. The second kappa shape index (κ2) is 8.50. The predicted molar refractivity (Wildman–Crippen MR) is 116 cm³/mol. The van der Waals surface area contributed by atoms with Crippen LogP contribution in [0.2, 0.25) is 0 Å². The molecule has 0 bridgehead atoms. The number of amides is 1. The van der Waals surface area contributed by atoms with Gasteiger partial charge in [-0.2, -0.15) is 0 Å². The molecular weight excluding hydrogens is 418 g/mol. The van der Waals surface area contributed by atoms with E-state index in [1.807, 2.05) is 0 Å². The molecule has 0 unspecified atom stereocenters. The van der Waals surface area contributed by atoms with Crippen LogP contribution in [0.5, 0.6) is 0 Å². The number of rotatable bonds is 6. The zero-order valence-electron chi connectivity index (χ0n) is 18.0. The lowest BCUT2D eigenvalue weighted by Crippen LogP contribution is -2.60. The van der Waals surface area contributed by atoms with Crippen molar-refractivity contribution in [2.24, 2.45) is 11.8 Å². The molecule has 4 atom stereocenters. The SMILES string of the molecule is CCC[C@H]1[C@@H](NS(=O)(=O)c2ccccc2[N+](=O)[O-])CC[C@@]23CCCN2C(=O)CCC[C@@H]13. The van der Waals surface area contributed by atoms with Gasteiger partial charge >= 0.3 is 0 Å². The predicted octanol–water partition coefficient (Wildman–Crippen LogP) is 3.61. The molecule has 4 rings (SSSR count). The number of nitrogens with zero attached hydrogens (tertiary/aromatic N) is 2. The maximum Gasteiger partial charge on any atom is 0.289 e. The highest BCUT2D eigenvalue weighted by atomic mass is 32.2. The summed E-state index contributed by atoms with van der Waals surface area (Å²) in [5.74, 6) is 0.616. The second-order valence-corrected chi connectivity index (χ2v) is 10.9. The minimum atomic E-state index is -4.04. The first kappa shape index (κ1) is 22.2. The van der Waals surface area contributed by atoms with E-state index in [1.165, 1.54) is 24.3 Å². The van der Waals surface area contributed by atoms with E-state index in [0.717, 1.165) is 51.5 Å². The van der Waals surface area contributed by atoms with Crippen LogP contribution in [0.1, 0.15) is 64.7 Å². The Balaban J connectivity index is 1.66. The van der Waals surface area contributed by atoms with Gasteiger partial charge in [0.1, 0.15) is 0 Å². The highest BCUT2D eigenvalue weighted by Crippen LogP contribution is 2.52. The molecule has 2 saturated heterocycles. The lowest BCUT2D eigenvalue weighted by atomic mass is 9.61. The van der Waals surface area contributed by atoms with Crippen LogP contribution in [0.3, 0.4) is 0 Å². The van der Waals surface area contributed by atoms with E-state index in [2.05, 4.69) is 16.5 Å². The topological polar surface area (TPSA) is 110 Å². The Bertz CT molecular complexity index is 966. The number of carbonyl (C=O) groups is 1. The molecule has 31 heavy (non-hydrogen) atoms. The third-order valence-electron chi connectivity index (χ3n) is 7.63. The minimum Gasteiger partial charge on any atom is -0.337 e. The third-order valence-corrected chi connectivity index (χ3v) is 9.17. The second-order valence-electron chi connectivity index (χ2n) is 9.20. The average Bonchev–Trinajstić information content (AvgIpc) is 3.10. The van der Waals surface area contributed by atoms with Crippen molar-refractivity contribution in [2.45, 2.75) is 81.2 Å². The van der Waals surface area contributed by atoms with Crippen molar-refractivity contribution in [1.82, 2.24) is 9.62 Å². The molecule has 3 fully saturated rings. The standard InChI is InChI=1S/C22H31N3O5S/c1-2-7-16-17-8-5-11-21(26)24-15-6-13-22(17,24)14-12-18(16)23-31(29,30)20-10-4-3-9-19(20)25(27)28/h3-4,9-10,16-18,23H,2,5-8,11-15H2,1H3/t16-,17+,18+,22-/m1/s1. The molecule has 8 nitrogen and oxygen atoms in total. The average molecular weight is 450 g/mol. The summed E-state index contributed by atoms with van der Waals surface area (Å²) in [5, 5.41) is 11.4. The number of carbonyl (C=O) groups excluding carboxylic acids is 1. The number of benzene rings is 1. The van der Waals surface area contributed by atoms with Crippen molar-refractivity contribution in [3.63, 3.8) is 0 Å². The van der Waals surface area contributed by atoms with E-state index in [0.29, 0.717) is 12.8 Å². The van der Waals surface area contributed by atoms with Crippen LogP contribution in [-0.4, -0.2) is 42.3 Å². The maximum atomic E-state index is 13.2. The molecule has 1 amide bonds. The molecule has 1 spiro atoms. The summed E-state index contributed by atoms with van der Waals surface area (Å²) >= 11 is 0. The van der Waals surface area contributed by atoms with Gasteiger partial charge in [0.05, 0.1) is 4.92 Å². The summed E-state index contributed by atoms with van der Waals surface area (Å²) in [6.07, 6.45) is 7.57. The van der Waals surface area contributed by atoms with Gasteiger partial charge in [-0.15, -0.1) is 0 Å². The van der Waals surface area contributed by atoms with E-state index in [9.17, 15) is 23.3 Å². The van der Waals surface area contributed by atoms with Crippen molar-refractivity contribution >= 4 is 21.6 Å². The third kappa shape index (κ3) is 3.86. The van der Waals surface area contributed by atoms with Crippen molar-refractivity contribution < 1.29 is 18.1 Å². The Morgan fingerprint density at radius 1 is 1.23 bits per heavy atom. The zero-order valence-corrected chi connectivity index (χ0v) is 18.8. The van der Waals surface area contributed by atoms with Crippen LogP contribution < -0.4 is 4.72 Å². The summed E-state index contributed by atoms with van der Waals surface area (Å²) in [5.41, 5.74) is -0.551. The smallest absolute Gasteiger partial charge is 0.289 e. The molecule has 1 aromatic rings. The Morgan fingerprint density at radius 3 is 2.74 bits per heavy atom. The van der Waals surface area contributed by atoms with Gasteiger partial charge in [-0.05, 0) is 62.8 Å². The molecule has 0 aromatic heterocycles. The number of nitro benzene ring substituents is 1. The largest absolute Gasteiger partial charge is 0.337 e. The van der Waals surface area contributed by atoms with E-state index >= 15 is 0 Å². The number of sulfonamides is 1. The van der Waals surface area contributed by atoms with Gasteiger partial charge in [0.2, 0.25) is 15.9 Å². The highest BCUT2D eigenvalue weighted by molar-refractivity contribution is 7.89. The van der Waals surface area contributed by atoms with Crippen LogP contribution in [0.25, 0.3) is 0 Å². The lowest BCUT2D eigenvalue weighted by molar-refractivity contribution is -0.387. The maximum absolute atomic E-state index is 13.2. The molecule has 3 aliphatic rings. The molecule has 170 valence electrons. The van der Waals surface area contributed by atoms with Gasteiger partial charge in [0.15, 0.2) is 4.90 Å². The van der Waals surface area contributed by atoms with Gasteiger partial charge in [0, 0.05) is 30.6 Å². The van der Waals surface area contributed by atoms with Crippen molar-refractivity contribution in [2.75, 3.05) is 6.54 Å². The van der Waals surface area contributed by atoms with Gasteiger partial charge in [-0.25, -0.2) is 13.1 Å². The summed E-state index contributed by atoms with van der Waals surface area (Å²) in [7, 11) is -4.04. The fraction of sp³-hybridized carbons (Fsp3) is 0.682. The van der Waals surface area contributed by atoms with Crippen LogP contribution in [0.15, 0.2) is 29.2 Å². The quantitative estimate of drug-likeness (QED) is 0.527. The van der Waals surface area contributed by atoms with Crippen molar-refractivity contribution in [3.05, 3.63) is 34.4 Å². The fourth-order valence-corrected chi connectivity index (χ4v) is 7.97. The van der Waals surface area contributed by atoms with Gasteiger partial charge in [-0.3, -0.25) is 14.9 Å². The first-order valence-electron chi connectivity index (χ1n) is 11.4. The molecule has 9 heteroatoms. The van der Waals surface area contributed by atoms with Gasteiger partial charge in [0.25, 0.3) is 5.69 Å². The number of hydrogen-bond donors (Lipinski definition) is 1. The first-order chi connectivity index (χ1) is 14.8. The molecule has 2 aliphatic heterocycles. The van der Waals surface area contributed by atoms with E-state index < -0.39 is 20.6 Å². The molecule has 0 radical (unpaired) electrons. The Labute approximate surface area is 183 Å². The molecular formula is C22H31N3O5S. The zero-order chi connectivity index (χ0) is 22.2. The normalized spacial score (nSPS) is 31.1. The Morgan fingerprint density at radius 2 is 2.00 bits per heavy atom.